The van der Waals surface area contributed by atoms with Crippen LogP contribution in [0.5, 0.6) is 0 Å². The molecule has 1 amide bonds. The van der Waals surface area contributed by atoms with E-state index in [4.69, 9.17) is 4.42 Å². The van der Waals surface area contributed by atoms with Crippen molar-refractivity contribution in [1.29, 1.82) is 0 Å². The number of rotatable bonds is 8. The molecule has 2 heterocycles. The summed E-state index contributed by atoms with van der Waals surface area (Å²) < 4.78 is 36.1. The van der Waals surface area contributed by atoms with Gasteiger partial charge in [-0.05, 0) is 67.1 Å². The molecule has 0 bridgehead atoms. The molecule has 0 saturated heterocycles. The first-order valence-corrected chi connectivity index (χ1v) is 12.6. The summed E-state index contributed by atoms with van der Waals surface area (Å²) in [5.74, 6) is -0.527. The normalized spacial score (nSPS) is 11.2. The minimum absolute atomic E-state index is 0.0563. The predicted octanol–water partition coefficient (Wildman–Crippen LogP) is 3.74. The molecule has 1 N–H and O–H groups in total. The highest BCUT2D eigenvalue weighted by Crippen LogP contribution is 2.25. The summed E-state index contributed by atoms with van der Waals surface area (Å²) >= 11 is 0. The van der Waals surface area contributed by atoms with Crippen LogP contribution in [0.4, 0.5) is 0 Å². The number of benzene rings is 2. The predicted molar refractivity (Wildman–Crippen MR) is 131 cm³/mol. The molecule has 0 aliphatic rings. The zero-order valence-corrected chi connectivity index (χ0v) is 20.4. The van der Waals surface area contributed by atoms with Crippen molar-refractivity contribution in [3.05, 3.63) is 101 Å². The summed E-state index contributed by atoms with van der Waals surface area (Å²) in [6.45, 7) is 2.00. The van der Waals surface area contributed by atoms with Crippen molar-refractivity contribution in [2.24, 2.45) is 0 Å². The zero-order chi connectivity index (χ0) is 25.7. The number of aromatic nitrogens is 2. The molecule has 0 fully saturated rings. The Hall–Kier alpha value is -4.31. The quantitative estimate of drug-likeness (QED) is 0.359. The summed E-state index contributed by atoms with van der Waals surface area (Å²) in [5.41, 5.74) is 2.49. The van der Waals surface area contributed by atoms with Gasteiger partial charge >= 0.3 is 5.97 Å². The Morgan fingerprint density at radius 2 is 1.69 bits per heavy atom. The summed E-state index contributed by atoms with van der Waals surface area (Å²) in [5, 5.41) is 2.83. The van der Waals surface area contributed by atoms with Gasteiger partial charge in [0.15, 0.2) is 9.84 Å². The molecule has 2 aromatic carbocycles. The van der Waals surface area contributed by atoms with E-state index in [1.165, 1.54) is 31.4 Å². The minimum Gasteiger partial charge on any atom is -0.465 e. The maximum absolute atomic E-state index is 12.9. The van der Waals surface area contributed by atoms with Gasteiger partial charge in [-0.2, -0.15) is 0 Å². The fourth-order valence-corrected chi connectivity index (χ4v) is 4.76. The van der Waals surface area contributed by atoms with E-state index in [1.807, 2.05) is 6.07 Å². The van der Waals surface area contributed by atoms with Crippen molar-refractivity contribution in [2.45, 2.75) is 24.1 Å². The Morgan fingerprint density at radius 3 is 2.33 bits per heavy atom. The van der Waals surface area contributed by atoms with E-state index in [1.54, 1.807) is 49.6 Å². The molecule has 184 valence electrons. The third-order valence-corrected chi connectivity index (χ3v) is 7.07. The third kappa shape index (κ3) is 5.66. The summed E-state index contributed by atoms with van der Waals surface area (Å²) in [6.07, 6.45) is 3.35. The number of oxazole rings is 1. The summed E-state index contributed by atoms with van der Waals surface area (Å²) in [4.78, 5) is 32.5. The van der Waals surface area contributed by atoms with Crippen LogP contribution in [-0.4, -0.2) is 37.4 Å². The van der Waals surface area contributed by atoms with E-state index in [0.29, 0.717) is 23.4 Å². The van der Waals surface area contributed by atoms with E-state index >= 15 is 0 Å². The largest absolute Gasteiger partial charge is 0.465 e. The van der Waals surface area contributed by atoms with Gasteiger partial charge in [0.1, 0.15) is 11.5 Å². The topological polar surface area (TPSA) is 128 Å². The number of hydrogen-bond acceptors (Lipinski definition) is 8. The second kappa shape index (κ2) is 10.5. The van der Waals surface area contributed by atoms with Crippen molar-refractivity contribution in [3.8, 4) is 11.5 Å². The van der Waals surface area contributed by atoms with Crippen LogP contribution in [0.3, 0.4) is 0 Å². The Bertz CT molecular complexity index is 1480. The zero-order valence-electron chi connectivity index (χ0n) is 19.6. The Labute approximate surface area is 208 Å². The lowest BCUT2D eigenvalue weighted by Crippen LogP contribution is -2.22. The molecular formula is C26H23N3O6S. The maximum Gasteiger partial charge on any atom is 0.337 e. The smallest absolute Gasteiger partial charge is 0.337 e. The molecule has 10 heteroatoms. The van der Waals surface area contributed by atoms with Crippen LogP contribution in [0, 0.1) is 6.92 Å². The molecular weight excluding hydrogens is 482 g/mol. The average molecular weight is 506 g/mol. The summed E-state index contributed by atoms with van der Waals surface area (Å²) in [7, 11) is -2.48. The number of aryl methyl sites for hydroxylation is 1. The van der Waals surface area contributed by atoms with Gasteiger partial charge in [-0.3, -0.25) is 9.78 Å². The summed E-state index contributed by atoms with van der Waals surface area (Å²) in [6, 6.07) is 15.8. The fraction of sp³-hybridized carbons (Fsp3) is 0.154. The molecule has 9 nitrogen and oxygen atoms in total. The highest BCUT2D eigenvalue weighted by molar-refractivity contribution is 7.90. The Balaban J connectivity index is 1.45. The van der Waals surface area contributed by atoms with Crippen molar-refractivity contribution in [1.82, 2.24) is 15.3 Å². The Kier molecular flexibility index (Phi) is 7.25. The first kappa shape index (κ1) is 24.8. The monoisotopic (exact) mass is 505 g/mol. The van der Waals surface area contributed by atoms with Crippen molar-refractivity contribution >= 4 is 21.7 Å². The number of nitrogens with one attached hydrogen (secondary N) is 1. The lowest BCUT2D eigenvalue weighted by Gasteiger charge is -2.05. The van der Waals surface area contributed by atoms with Crippen LogP contribution < -0.4 is 5.32 Å². The van der Waals surface area contributed by atoms with Gasteiger partial charge in [-0.1, -0.05) is 6.07 Å². The van der Waals surface area contributed by atoms with Crippen LogP contribution >= 0.6 is 0 Å². The molecule has 0 aliphatic carbocycles. The molecule has 0 aliphatic heterocycles. The van der Waals surface area contributed by atoms with Gasteiger partial charge in [0.05, 0.1) is 23.3 Å². The number of pyridine rings is 1. The lowest BCUT2D eigenvalue weighted by atomic mass is 10.1. The van der Waals surface area contributed by atoms with Gasteiger partial charge in [0.2, 0.25) is 5.89 Å². The van der Waals surface area contributed by atoms with Crippen LogP contribution in [-0.2, 0) is 26.9 Å². The fourth-order valence-electron chi connectivity index (χ4n) is 3.42. The van der Waals surface area contributed by atoms with Crippen molar-refractivity contribution in [3.63, 3.8) is 0 Å². The number of esters is 1. The molecule has 0 radical (unpaired) electrons. The van der Waals surface area contributed by atoms with Gasteiger partial charge in [-0.15, -0.1) is 0 Å². The van der Waals surface area contributed by atoms with Crippen LogP contribution in [0.1, 0.15) is 37.7 Å². The number of ether oxygens (including phenoxy) is 1. The molecule has 0 saturated carbocycles. The Morgan fingerprint density at radius 1 is 1.00 bits per heavy atom. The molecule has 4 rings (SSSR count). The highest BCUT2D eigenvalue weighted by Gasteiger charge is 2.22. The highest BCUT2D eigenvalue weighted by atomic mass is 32.2. The number of nitrogens with zero attached hydrogens (tertiary/aromatic N) is 2. The SMILES string of the molecule is COC(=O)c1ccc(S(=O)(=O)Cc2nc(-c3ccc(C(=O)NCc4cccnc4)cc3)oc2C)cc1. The van der Waals surface area contributed by atoms with E-state index in [9.17, 15) is 18.0 Å². The van der Waals surface area contributed by atoms with Gasteiger partial charge < -0.3 is 14.5 Å². The van der Waals surface area contributed by atoms with Crippen molar-refractivity contribution in [2.75, 3.05) is 7.11 Å². The second-order valence-corrected chi connectivity index (χ2v) is 9.91. The first-order valence-electron chi connectivity index (χ1n) is 10.9. The maximum atomic E-state index is 12.9. The number of hydrogen-bond donors (Lipinski definition) is 1. The average Bonchev–Trinajstić information content (AvgIpc) is 3.26. The third-order valence-electron chi connectivity index (χ3n) is 5.42. The van der Waals surface area contributed by atoms with Crippen molar-refractivity contribution < 1.29 is 27.2 Å². The van der Waals surface area contributed by atoms with Gasteiger partial charge in [0, 0.05) is 30.1 Å². The van der Waals surface area contributed by atoms with E-state index in [0.717, 1.165) is 5.56 Å². The minimum atomic E-state index is -3.73. The van der Waals surface area contributed by atoms with E-state index in [-0.39, 0.29) is 33.7 Å². The number of methoxy groups -OCH3 is 1. The molecule has 36 heavy (non-hydrogen) atoms. The second-order valence-electron chi connectivity index (χ2n) is 7.92. The first-order chi connectivity index (χ1) is 17.3. The lowest BCUT2D eigenvalue weighted by molar-refractivity contribution is 0.0600. The number of carbonyl (C=O) groups excluding carboxylic acids is 2. The molecule has 4 aromatic rings. The van der Waals surface area contributed by atoms with Crippen LogP contribution in [0.2, 0.25) is 0 Å². The van der Waals surface area contributed by atoms with E-state index < -0.39 is 15.8 Å². The van der Waals surface area contributed by atoms with Gasteiger partial charge in [0.25, 0.3) is 5.91 Å². The molecule has 0 atom stereocenters. The molecule has 2 aromatic heterocycles. The number of amides is 1. The molecule has 0 spiro atoms. The van der Waals surface area contributed by atoms with Crippen LogP contribution in [0.15, 0.2) is 82.4 Å². The standard InChI is InChI=1S/C26H23N3O6S/c1-17-23(16-36(32,33)22-11-9-21(10-12-22)26(31)34-2)29-25(35-17)20-7-5-19(6-8-20)24(30)28-15-18-4-3-13-27-14-18/h3-14H,15-16H2,1-2H3,(H,28,30). The number of carbonyl (C=O) groups is 2. The van der Waals surface area contributed by atoms with Gasteiger partial charge in [-0.25, -0.2) is 18.2 Å². The number of sulfone groups is 1. The van der Waals surface area contributed by atoms with E-state index in [2.05, 4.69) is 20.0 Å². The molecule has 0 unspecified atom stereocenters. The van der Waals surface area contributed by atoms with Crippen LogP contribution in [0.25, 0.3) is 11.5 Å².